The number of morpholine rings is 1. The molecule has 0 aliphatic carbocycles. The molecule has 0 bridgehead atoms. The molecule has 0 unspecified atom stereocenters. The number of ether oxygens (including phenoxy) is 2. The van der Waals surface area contributed by atoms with Gasteiger partial charge in [-0.25, -0.2) is 0 Å². The van der Waals surface area contributed by atoms with Crippen molar-refractivity contribution in [2.75, 3.05) is 26.3 Å². The van der Waals surface area contributed by atoms with E-state index in [9.17, 15) is 4.79 Å². The first-order chi connectivity index (χ1) is 11.7. The fourth-order valence-corrected chi connectivity index (χ4v) is 2.66. The molecular formula is C17H22N4O3. The highest BCUT2D eigenvalue weighted by Gasteiger charge is 2.28. The van der Waals surface area contributed by atoms with Crippen LogP contribution in [0.15, 0.2) is 30.6 Å². The van der Waals surface area contributed by atoms with Crippen molar-refractivity contribution in [2.45, 2.75) is 26.5 Å². The predicted octanol–water partition coefficient (Wildman–Crippen LogP) is 1.59. The molecule has 1 atom stereocenters. The number of amides is 1. The van der Waals surface area contributed by atoms with Gasteiger partial charge in [-0.05, 0) is 26.0 Å². The Bertz CT molecular complexity index is 683. The number of rotatable bonds is 5. The smallest absolute Gasteiger partial charge is 0.260 e. The quantitative estimate of drug-likeness (QED) is 0.832. The first-order valence-corrected chi connectivity index (χ1v) is 8.14. The van der Waals surface area contributed by atoms with Crippen LogP contribution in [0.3, 0.4) is 0 Å². The number of benzene rings is 1. The summed E-state index contributed by atoms with van der Waals surface area (Å²) in [6.45, 7) is 6.34. The molecule has 0 radical (unpaired) electrons. The molecule has 2 aromatic rings. The highest BCUT2D eigenvalue weighted by atomic mass is 16.5. The van der Waals surface area contributed by atoms with Crippen LogP contribution < -0.4 is 4.74 Å². The summed E-state index contributed by atoms with van der Waals surface area (Å²) in [5.74, 6) is 1.41. The van der Waals surface area contributed by atoms with Crippen molar-refractivity contribution in [1.29, 1.82) is 0 Å². The second kappa shape index (κ2) is 7.44. The molecule has 7 nitrogen and oxygen atoms in total. The summed E-state index contributed by atoms with van der Waals surface area (Å²) in [4.78, 5) is 14.2. The van der Waals surface area contributed by atoms with Crippen molar-refractivity contribution in [3.8, 4) is 5.75 Å². The van der Waals surface area contributed by atoms with Crippen molar-refractivity contribution in [2.24, 2.45) is 0 Å². The maximum atomic E-state index is 12.4. The lowest BCUT2D eigenvalue weighted by molar-refractivity contribution is -0.141. The van der Waals surface area contributed by atoms with Crippen molar-refractivity contribution in [3.05, 3.63) is 42.0 Å². The molecule has 1 fully saturated rings. The van der Waals surface area contributed by atoms with Gasteiger partial charge in [-0.3, -0.25) is 4.79 Å². The van der Waals surface area contributed by atoms with Crippen LogP contribution >= 0.6 is 0 Å². The fraction of sp³-hybridized carbons (Fsp3) is 0.471. The lowest BCUT2D eigenvalue weighted by Gasteiger charge is -2.32. The van der Waals surface area contributed by atoms with Crippen molar-refractivity contribution < 1.29 is 14.3 Å². The minimum absolute atomic E-state index is 0.0241. The van der Waals surface area contributed by atoms with Gasteiger partial charge in [-0.15, -0.1) is 10.2 Å². The highest BCUT2D eigenvalue weighted by molar-refractivity contribution is 5.77. The van der Waals surface area contributed by atoms with E-state index in [1.807, 2.05) is 42.7 Å². The standard InChI is InChI=1S/C17H22N4O3/c1-3-20-12-18-19-17(20)15-10-21(8-9-23-15)16(22)11-24-14-6-4-13(2)5-7-14/h4-7,12,15H,3,8-11H2,1-2H3/t15-/m1/s1. The minimum Gasteiger partial charge on any atom is -0.484 e. The largest absolute Gasteiger partial charge is 0.484 e. The molecule has 3 rings (SSSR count). The summed E-state index contributed by atoms with van der Waals surface area (Å²) in [5, 5.41) is 8.05. The van der Waals surface area contributed by atoms with E-state index < -0.39 is 0 Å². The predicted molar refractivity (Wildman–Crippen MR) is 87.6 cm³/mol. The minimum atomic E-state index is -0.246. The third kappa shape index (κ3) is 3.73. The molecule has 24 heavy (non-hydrogen) atoms. The van der Waals surface area contributed by atoms with Gasteiger partial charge in [0.2, 0.25) is 0 Å². The summed E-state index contributed by atoms with van der Waals surface area (Å²) in [6.07, 6.45) is 1.43. The molecule has 0 N–H and O–H groups in total. The zero-order valence-corrected chi connectivity index (χ0v) is 14.0. The van der Waals surface area contributed by atoms with E-state index in [0.29, 0.717) is 25.4 Å². The van der Waals surface area contributed by atoms with Gasteiger partial charge in [0.25, 0.3) is 5.91 Å². The summed E-state index contributed by atoms with van der Waals surface area (Å²) < 4.78 is 13.3. The Kier molecular flexibility index (Phi) is 5.10. The number of aromatic nitrogens is 3. The van der Waals surface area contributed by atoms with E-state index in [-0.39, 0.29) is 18.6 Å². The van der Waals surface area contributed by atoms with E-state index in [1.54, 1.807) is 11.2 Å². The normalized spacial score (nSPS) is 17.8. The second-order valence-corrected chi connectivity index (χ2v) is 5.78. The molecule has 1 aromatic carbocycles. The third-order valence-corrected chi connectivity index (χ3v) is 4.08. The average Bonchev–Trinajstić information content (AvgIpc) is 3.10. The Morgan fingerprint density at radius 3 is 2.92 bits per heavy atom. The second-order valence-electron chi connectivity index (χ2n) is 5.78. The molecule has 128 valence electrons. The lowest BCUT2D eigenvalue weighted by Crippen LogP contribution is -2.44. The van der Waals surface area contributed by atoms with Gasteiger partial charge in [-0.2, -0.15) is 0 Å². The molecule has 1 amide bonds. The van der Waals surface area contributed by atoms with Crippen LogP contribution in [0.1, 0.15) is 24.4 Å². The van der Waals surface area contributed by atoms with Gasteiger partial charge >= 0.3 is 0 Å². The Hall–Kier alpha value is -2.41. The van der Waals surface area contributed by atoms with E-state index in [0.717, 1.165) is 17.9 Å². The monoisotopic (exact) mass is 330 g/mol. The molecule has 1 aromatic heterocycles. The van der Waals surface area contributed by atoms with Gasteiger partial charge in [0.15, 0.2) is 12.4 Å². The summed E-state index contributed by atoms with van der Waals surface area (Å²) in [5.41, 5.74) is 1.16. The zero-order valence-electron chi connectivity index (χ0n) is 14.0. The first kappa shape index (κ1) is 16.4. The SMILES string of the molecule is CCn1cnnc1[C@H]1CN(C(=O)COc2ccc(C)cc2)CCO1. The van der Waals surface area contributed by atoms with Gasteiger partial charge in [0.1, 0.15) is 18.2 Å². The van der Waals surface area contributed by atoms with Crippen LogP contribution in [0.5, 0.6) is 5.75 Å². The lowest BCUT2D eigenvalue weighted by atomic mass is 10.2. The molecule has 7 heteroatoms. The molecule has 1 saturated heterocycles. The van der Waals surface area contributed by atoms with Crippen LogP contribution in [0.4, 0.5) is 0 Å². The molecular weight excluding hydrogens is 308 g/mol. The first-order valence-electron chi connectivity index (χ1n) is 8.14. The fourth-order valence-electron chi connectivity index (χ4n) is 2.66. The Balaban J connectivity index is 1.58. The molecule has 0 saturated carbocycles. The van der Waals surface area contributed by atoms with Crippen molar-refractivity contribution >= 4 is 5.91 Å². The van der Waals surface area contributed by atoms with Crippen LogP contribution in [0.25, 0.3) is 0 Å². The average molecular weight is 330 g/mol. The van der Waals surface area contributed by atoms with Crippen LogP contribution in [0.2, 0.25) is 0 Å². The van der Waals surface area contributed by atoms with E-state index in [2.05, 4.69) is 10.2 Å². The molecule has 1 aliphatic rings. The number of nitrogens with zero attached hydrogens (tertiary/aromatic N) is 4. The molecule has 2 heterocycles. The highest BCUT2D eigenvalue weighted by Crippen LogP contribution is 2.20. The van der Waals surface area contributed by atoms with Crippen LogP contribution in [0, 0.1) is 6.92 Å². The summed E-state index contributed by atoms with van der Waals surface area (Å²) in [6, 6.07) is 7.66. The van der Waals surface area contributed by atoms with Crippen LogP contribution in [-0.4, -0.2) is 51.9 Å². The molecule has 1 aliphatic heterocycles. The van der Waals surface area contributed by atoms with Crippen molar-refractivity contribution in [3.63, 3.8) is 0 Å². The maximum absolute atomic E-state index is 12.4. The van der Waals surface area contributed by atoms with E-state index >= 15 is 0 Å². The number of hydrogen-bond donors (Lipinski definition) is 0. The maximum Gasteiger partial charge on any atom is 0.260 e. The molecule has 0 spiro atoms. The number of carbonyl (C=O) groups excluding carboxylic acids is 1. The van der Waals surface area contributed by atoms with E-state index in [4.69, 9.17) is 9.47 Å². The number of aryl methyl sites for hydroxylation is 2. The number of carbonyl (C=O) groups is 1. The van der Waals surface area contributed by atoms with Crippen LogP contribution in [-0.2, 0) is 16.1 Å². The van der Waals surface area contributed by atoms with Gasteiger partial charge in [-0.1, -0.05) is 17.7 Å². The van der Waals surface area contributed by atoms with Crippen molar-refractivity contribution in [1.82, 2.24) is 19.7 Å². The van der Waals surface area contributed by atoms with Gasteiger partial charge < -0.3 is 18.9 Å². The Morgan fingerprint density at radius 1 is 1.38 bits per heavy atom. The van der Waals surface area contributed by atoms with E-state index in [1.165, 1.54) is 0 Å². The Labute approximate surface area is 141 Å². The third-order valence-electron chi connectivity index (χ3n) is 4.08. The summed E-state index contributed by atoms with van der Waals surface area (Å²) in [7, 11) is 0. The Morgan fingerprint density at radius 2 is 2.17 bits per heavy atom. The number of hydrogen-bond acceptors (Lipinski definition) is 5. The van der Waals surface area contributed by atoms with Gasteiger partial charge in [0, 0.05) is 13.1 Å². The van der Waals surface area contributed by atoms with Gasteiger partial charge in [0.05, 0.1) is 13.2 Å². The zero-order chi connectivity index (χ0) is 16.9. The topological polar surface area (TPSA) is 69.5 Å². The summed E-state index contributed by atoms with van der Waals surface area (Å²) >= 11 is 0.